The van der Waals surface area contributed by atoms with E-state index in [0.29, 0.717) is 29.6 Å². The van der Waals surface area contributed by atoms with Crippen molar-refractivity contribution in [3.8, 4) is 5.75 Å². The molecule has 0 aliphatic rings. The fourth-order valence-corrected chi connectivity index (χ4v) is 5.23. The van der Waals surface area contributed by atoms with E-state index in [2.05, 4.69) is 5.32 Å². The number of rotatable bonds is 14. The van der Waals surface area contributed by atoms with Crippen LogP contribution < -0.4 is 14.4 Å². The fraction of sp³-hybridized carbons (Fsp3) is 0.355. The van der Waals surface area contributed by atoms with Crippen molar-refractivity contribution in [2.75, 3.05) is 30.3 Å². The molecule has 0 aromatic heterocycles. The Kier molecular flexibility index (Phi) is 11.6. The van der Waals surface area contributed by atoms with Gasteiger partial charge in [-0.2, -0.15) is 0 Å². The quantitative estimate of drug-likeness (QED) is 0.284. The first-order valence-electron chi connectivity index (χ1n) is 13.5. The van der Waals surface area contributed by atoms with Gasteiger partial charge in [0.15, 0.2) is 0 Å². The Bertz CT molecular complexity index is 1380. The zero-order valence-corrected chi connectivity index (χ0v) is 25.5. The number of hydrogen-bond acceptors (Lipinski definition) is 5. The van der Waals surface area contributed by atoms with Crippen molar-refractivity contribution in [3.63, 3.8) is 0 Å². The Morgan fingerprint density at radius 3 is 2.12 bits per heavy atom. The lowest BCUT2D eigenvalue weighted by molar-refractivity contribution is -0.140. The standard InChI is InChI=1S/C31H38ClN3O5S/c1-5-40-28-17-15-27(16-18-28)35(41(4,38)39)22-30(36)34(21-25-11-13-26(32)14-12-25)29(31(37)33-20-23(2)3)19-24-9-7-6-8-10-24/h6-18,23,29H,5,19-22H2,1-4H3,(H,33,37)/t29-/m1/s1. The van der Waals surface area contributed by atoms with E-state index in [1.165, 1.54) is 4.90 Å². The number of sulfonamides is 1. The SMILES string of the molecule is CCOc1ccc(N(CC(=O)N(Cc2ccc(Cl)cc2)[C@H](Cc2ccccc2)C(=O)NCC(C)C)S(C)(=O)=O)cc1. The van der Waals surface area contributed by atoms with Crippen molar-refractivity contribution in [1.82, 2.24) is 10.2 Å². The molecule has 1 N–H and O–H groups in total. The molecule has 0 spiro atoms. The molecule has 3 rings (SSSR count). The van der Waals surface area contributed by atoms with Gasteiger partial charge in [-0.05, 0) is 60.4 Å². The average Bonchev–Trinajstić information content (AvgIpc) is 2.94. The molecule has 3 aromatic rings. The first-order valence-corrected chi connectivity index (χ1v) is 15.8. The Hall–Kier alpha value is -3.56. The van der Waals surface area contributed by atoms with E-state index in [0.717, 1.165) is 21.7 Å². The molecule has 0 fully saturated rings. The maximum atomic E-state index is 14.1. The van der Waals surface area contributed by atoms with Crippen LogP contribution in [0.1, 0.15) is 31.9 Å². The molecule has 10 heteroatoms. The minimum Gasteiger partial charge on any atom is -0.494 e. The van der Waals surface area contributed by atoms with E-state index in [4.69, 9.17) is 16.3 Å². The van der Waals surface area contributed by atoms with Crippen molar-refractivity contribution in [2.24, 2.45) is 5.92 Å². The van der Waals surface area contributed by atoms with E-state index in [1.54, 1.807) is 48.5 Å². The number of nitrogens with one attached hydrogen (secondary N) is 1. The summed E-state index contributed by atoms with van der Waals surface area (Å²) in [6.07, 6.45) is 1.31. The first kappa shape index (κ1) is 32.0. The normalized spacial score (nSPS) is 12.0. The van der Waals surface area contributed by atoms with Crippen LogP contribution in [0, 0.1) is 5.92 Å². The molecule has 2 amide bonds. The van der Waals surface area contributed by atoms with E-state index in [-0.39, 0.29) is 24.8 Å². The Labute approximate surface area is 248 Å². The number of anilines is 1. The second-order valence-corrected chi connectivity index (χ2v) is 12.5. The Balaban J connectivity index is 2.02. The number of carbonyl (C=O) groups excluding carboxylic acids is 2. The number of benzene rings is 3. The molecule has 0 radical (unpaired) electrons. The first-order chi connectivity index (χ1) is 19.5. The molecule has 0 aliphatic heterocycles. The lowest BCUT2D eigenvalue weighted by Crippen LogP contribution is -2.53. The molecular weight excluding hydrogens is 562 g/mol. The van der Waals surface area contributed by atoms with Gasteiger partial charge in [0.25, 0.3) is 0 Å². The van der Waals surface area contributed by atoms with Gasteiger partial charge in [-0.1, -0.05) is 67.9 Å². The van der Waals surface area contributed by atoms with E-state index >= 15 is 0 Å². The van der Waals surface area contributed by atoms with Crippen molar-refractivity contribution >= 4 is 39.1 Å². The summed E-state index contributed by atoms with van der Waals surface area (Å²) < 4.78 is 32.3. The molecule has 1 atom stereocenters. The molecule has 0 aliphatic carbocycles. The van der Waals surface area contributed by atoms with Crippen LogP contribution in [-0.4, -0.2) is 57.1 Å². The van der Waals surface area contributed by atoms with Crippen molar-refractivity contribution in [1.29, 1.82) is 0 Å². The maximum Gasteiger partial charge on any atom is 0.244 e. The molecule has 8 nitrogen and oxygen atoms in total. The van der Waals surface area contributed by atoms with Crippen LogP contribution in [0.15, 0.2) is 78.9 Å². The molecule has 3 aromatic carbocycles. The van der Waals surface area contributed by atoms with Crippen LogP contribution in [0.3, 0.4) is 0 Å². The van der Waals surface area contributed by atoms with Gasteiger partial charge in [0.05, 0.1) is 18.6 Å². The topological polar surface area (TPSA) is 96.0 Å². The number of ether oxygens (including phenoxy) is 1. The van der Waals surface area contributed by atoms with E-state index in [1.807, 2.05) is 51.1 Å². The lowest BCUT2D eigenvalue weighted by atomic mass is 10.0. The number of carbonyl (C=O) groups is 2. The molecule has 0 unspecified atom stereocenters. The summed E-state index contributed by atoms with van der Waals surface area (Å²) in [6.45, 7) is 6.35. The summed E-state index contributed by atoms with van der Waals surface area (Å²) in [5.41, 5.74) is 1.95. The number of hydrogen-bond donors (Lipinski definition) is 1. The van der Waals surface area contributed by atoms with Crippen molar-refractivity contribution in [3.05, 3.63) is 95.0 Å². The van der Waals surface area contributed by atoms with Gasteiger partial charge in [-0.3, -0.25) is 13.9 Å². The highest BCUT2D eigenvalue weighted by atomic mass is 35.5. The molecule has 0 heterocycles. The third-order valence-corrected chi connectivity index (χ3v) is 7.73. The predicted molar refractivity (Wildman–Crippen MR) is 164 cm³/mol. The van der Waals surface area contributed by atoms with Gasteiger partial charge in [0, 0.05) is 24.5 Å². The van der Waals surface area contributed by atoms with Crippen LogP contribution in [0.25, 0.3) is 0 Å². The second-order valence-electron chi connectivity index (χ2n) is 10.2. The third kappa shape index (κ3) is 9.79. The zero-order chi connectivity index (χ0) is 30.0. The summed E-state index contributed by atoms with van der Waals surface area (Å²) in [6, 6.07) is 22.1. The summed E-state index contributed by atoms with van der Waals surface area (Å²) in [7, 11) is -3.85. The van der Waals surface area contributed by atoms with Gasteiger partial charge in [0.2, 0.25) is 21.8 Å². The van der Waals surface area contributed by atoms with Crippen LogP contribution in [-0.2, 0) is 32.6 Å². The zero-order valence-electron chi connectivity index (χ0n) is 23.9. The second kappa shape index (κ2) is 14.9. The lowest BCUT2D eigenvalue weighted by Gasteiger charge is -2.33. The van der Waals surface area contributed by atoms with Crippen LogP contribution in [0.5, 0.6) is 5.75 Å². The van der Waals surface area contributed by atoms with Gasteiger partial charge in [-0.15, -0.1) is 0 Å². The number of halogens is 1. The minimum absolute atomic E-state index is 0.0868. The summed E-state index contributed by atoms with van der Waals surface area (Å²) >= 11 is 6.09. The largest absolute Gasteiger partial charge is 0.494 e. The van der Waals surface area contributed by atoms with Crippen molar-refractivity contribution in [2.45, 2.75) is 39.8 Å². The molecule has 220 valence electrons. The van der Waals surface area contributed by atoms with Gasteiger partial charge in [0.1, 0.15) is 18.3 Å². The molecule has 0 bridgehead atoms. The van der Waals surface area contributed by atoms with Crippen LogP contribution in [0.4, 0.5) is 5.69 Å². The minimum atomic E-state index is -3.85. The highest BCUT2D eigenvalue weighted by molar-refractivity contribution is 7.92. The maximum absolute atomic E-state index is 14.1. The van der Waals surface area contributed by atoms with Crippen LogP contribution >= 0.6 is 11.6 Å². The molecular formula is C31H38ClN3O5S. The third-order valence-electron chi connectivity index (χ3n) is 6.34. The average molecular weight is 600 g/mol. The van der Waals surface area contributed by atoms with Crippen LogP contribution in [0.2, 0.25) is 5.02 Å². The predicted octanol–water partition coefficient (Wildman–Crippen LogP) is 4.92. The highest BCUT2D eigenvalue weighted by Gasteiger charge is 2.33. The summed E-state index contributed by atoms with van der Waals surface area (Å²) in [5, 5.41) is 3.51. The summed E-state index contributed by atoms with van der Waals surface area (Å²) in [4.78, 5) is 29.2. The molecule has 0 saturated carbocycles. The van der Waals surface area contributed by atoms with Crippen molar-refractivity contribution < 1.29 is 22.7 Å². The van der Waals surface area contributed by atoms with Gasteiger partial charge >= 0.3 is 0 Å². The number of nitrogens with zero attached hydrogens (tertiary/aromatic N) is 2. The highest BCUT2D eigenvalue weighted by Crippen LogP contribution is 2.23. The smallest absolute Gasteiger partial charge is 0.244 e. The van der Waals surface area contributed by atoms with Gasteiger partial charge in [-0.25, -0.2) is 8.42 Å². The summed E-state index contributed by atoms with van der Waals surface area (Å²) in [5.74, 6) is -0.0287. The fourth-order valence-electron chi connectivity index (χ4n) is 4.25. The van der Waals surface area contributed by atoms with E-state index < -0.39 is 28.5 Å². The molecule has 0 saturated heterocycles. The Morgan fingerprint density at radius 2 is 1.56 bits per heavy atom. The molecule has 41 heavy (non-hydrogen) atoms. The monoisotopic (exact) mass is 599 g/mol. The Morgan fingerprint density at radius 1 is 0.927 bits per heavy atom. The number of amides is 2. The van der Waals surface area contributed by atoms with Gasteiger partial charge < -0.3 is 15.0 Å². The van der Waals surface area contributed by atoms with E-state index in [9.17, 15) is 18.0 Å².